The number of anilines is 1. The topological polar surface area (TPSA) is 50.8 Å². The Kier molecular flexibility index (Phi) is 4.55. The molecule has 0 atom stereocenters. The SMILES string of the molecule is COc1ccc(Br)c(NC(=O)N2CCOC(C)(C)C2)c1. The monoisotopic (exact) mass is 342 g/mol. The van der Waals surface area contributed by atoms with Gasteiger partial charge in [0.05, 0.1) is 31.5 Å². The Bertz CT molecular complexity index is 505. The molecule has 6 heteroatoms. The van der Waals surface area contributed by atoms with Crippen molar-refractivity contribution in [1.29, 1.82) is 0 Å². The summed E-state index contributed by atoms with van der Waals surface area (Å²) in [5, 5.41) is 2.90. The maximum absolute atomic E-state index is 12.3. The second-order valence-electron chi connectivity index (χ2n) is 5.31. The van der Waals surface area contributed by atoms with Gasteiger partial charge in [0.1, 0.15) is 5.75 Å². The number of carbonyl (C=O) groups is 1. The van der Waals surface area contributed by atoms with E-state index in [1.165, 1.54) is 0 Å². The maximum atomic E-state index is 12.3. The lowest BCUT2D eigenvalue weighted by molar-refractivity contribution is -0.0720. The molecule has 0 radical (unpaired) electrons. The summed E-state index contributed by atoms with van der Waals surface area (Å²) in [6.45, 7) is 5.68. The summed E-state index contributed by atoms with van der Waals surface area (Å²) in [6, 6.07) is 5.33. The first-order valence-corrected chi connectivity index (χ1v) is 7.24. The van der Waals surface area contributed by atoms with Crippen LogP contribution in [0, 0.1) is 0 Å². The van der Waals surface area contributed by atoms with Crippen LogP contribution in [0.1, 0.15) is 13.8 Å². The van der Waals surface area contributed by atoms with E-state index < -0.39 is 0 Å². The third kappa shape index (κ3) is 3.64. The van der Waals surface area contributed by atoms with Gasteiger partial charge >= 0.3 is 6.03 Å². The first-order valence-electron chi connectivity index (χ1n) is 6.45. The molecule has 1 saturated heterocycles. The van der Waals surface area contributed by atoms with Crippen molar-refractivity contribution in [2.24, 2.45) is 0 Å². The normalized spacial score (nSPS) is 17.7. The van der Waals surface area contributed by atoms with Crippen LogP contribution in [0.3, 0.4) is 0 Å². The van der Waals surface area contributed by atoms with Crippen LogP contribution in [0.15, 0.2) is 22.7 Å². The van der Waals surface area contributed by atoms with E-state index >= 15 is 0 Å². The number of morpholine rings is 1. The average Bonchev–Trinajstić information content (AvgIpc) is 2.40. The van der Waals surface area contributed by atoms with Crippen molar-refractivity contribution in [3.8, 4) is 5.75 Å². The van der Waals surface area contributed by atoms with Crippen molar-refractivity contribution in [1.82, 2.24) is 4.90 Å². The maximum Gasteiger partial charge on any atom is 0.322 e. The lowest BCUT2D eigenvalue weighted by atomic mass is 10.1. The van der Waals surface area contributed by atoms with Crippen LogP contribution in [-0.4, -0.2) is 43.3 Å². The Morgan fingerprint density at radius 2 is 2.25 bits per heavy atom. The zero-order valence-electron chi connectivity index (χ0n) is 11.9. The van der Waals surface area contributed by atoms with E-state index in [0.717, 1.165) is 4.47 Å². The first kappa shape index (κ1) is 15.1. The van der Waals surface area contributed by atoms with E-state index in [0.29, 0.717) is 31.1 Å². The minimum absolute atomic E-state index is 0.129. The molecule has 2 amide bonds. The minimum Gasteiger partial charge on any atom is -0.497 e. The van der Waals surface area contributed by atoms with Crippen LogP contribution in [0.2, 0.25) is 0 Å². The molecule has 1 aliphatic heterocycles. The van der Waals surface area contributed by atoms with E-state index in [2.05, 4.69) is 21.2 Å². The summed E-state index contributed by atoms with van der Waals surface area (Å²) >= 11 is 3.42. The van der Waals surface area contributed by atoms with E-state index in [-0.39, 0.29) is 11.6 Å². The Hall–Kier alpha value is -1.27. The summed E-state index contributed by atoms with van der Waals surface area (Å²) in [6.07, 6.45) is 0. The summed E-state index contributed by atoms with van der Waals surface area (Å²) in [7, 11) is 1.60. The van der Waals surface area contributed by atoms with Crippen molar-refractivity contribution in [2.45, 2.75) is 19.4 Å². The Labute approximate surface area is 127 Å². The molecule has 0 aromatic heterocycles. The molecule has 2 rings (SSSR count). The van der Waals surface area contributed by atoms with Gasteiger partial charge in [-0.2, -0.15) is 0 Å². The lowest BCUT2D eigenvalue weighted by Gasteiger charge is -2.38. The van der Waals surface area contributed by atoms with Crippen LogP contribution in [0.25, 0.3) is 0 Å². The van der Waals surface area contributed by atoms with Crippen molar-refractivity contribution in [3.05, 3.63) is 22.7 Å². The van der Waals surface area contributed by atoms with Crippen molar-refractivity contribution >= 4 is 27.6 Å². The molecule has 0 bridgehead atoms. The van der Waals surface area contributed by atoms with Crippen LogP contribution < -0.4 is 10.1 Å². The quantitative estimate of drug-likeness (QED) is 0.898. The van der Waals surface area contributed by atoms with Crippen LogP contribution >= 0.6 is 15.9 Å². The van der Waals surface area contributed by atoms with Crippen molar-refractivity contribution in [3.63, 3.8) is 0 Å². The molecule has 0 aliphatic carbocycles. The molecular formula is C14H19BrN2O3. The minimum atomic E-state index is -0.304. The highest BCUT2D eigenvalue weighted by Crippen LogP contribution is 2.27. The number of urea groups is 1. The highest BCUT2D eigenvalue weighted by molar-refractivity contribution is 9.10. The smallest absolute Gasteiger partial charge is 0.322 e. The molecule has 1 fully saturated rings. The molecule has 1 N–H and O–H groups in total. The zero-order valence-corrected chi connectivity index (χ0v) is 13.5. The first-order chi connectivity index (χ1) is 9.41. The fraction of sp³-hybridized carbons (Fsp3) is 0.500. The second-order valence-corrected chi connectivity index (χ2v) is 6.16. The number of nitrogens with one attached hydrogen (secondary N) is 1. The molecule has 1 aromatic rings. The Morgan fingerprint density at radius 3 is 2.90 bits per heavy atom. The van der Waals surface area contributed by atoms with Crippen molar-refractivity contribution in [2.75, 3.05) is 32.1 Å². The third-order valence-corrected chi connectivity index (χ3v) is 3.82. The summed E-state index contributed by atoms with van der Waals surface area (Å²) < 4.78 is 11.6. The molecule has 0 spiro atoms. The molecule has 0 unspecified atom stereocenters. The van der Waals surface area contributed by atoms with Gasteiger partial charge in [0.25, 0.3) is 0 Å². The molecule has 1 aliphatic rings. The predicted molar refractivity (Wildman–Crippen MR) is 81.3 cm³/mol. The summed E-state index contributed by atoms with van der Waals surface area (Å²) in [4.78, 5) is 14.1. The van der Waals surface area contributed by atoms with Gasteiger partial charge in [-0.3, -0.25) is 0 Å². The third-order valence-electron chi connectivity index (χ3n) is 3.13. The number of benzene rings is 1. The summed E-state index contributed by atoms with van der Waals surface area (Å²) in [5.74, 6) is 0.700. The zero-order chi connectivity index (χ0) is 14.8. The number of hydrogen-bond donors (Lipinski definition) is 1. The van der Waals surface area contributed by atoms with Crippen molar-refractivity contribution < 1.29 is 14.3 Å². The van der Waals surface area contributed by atoms with Crippen LogP contribution in [0.5, 0.6) is 5.75 Å². The number of ether oxygens (including phenoxy) is 2. The van der Waals surface area contributed by atoms with E-state index in [9.17, 15) is 4.79 Å². The van der Waals surface area contributed by atoms with Crippen LogP contribution in [0.4, 0.5) is 10.5 Å². The summed E-state index contributed by atoms with van der Waals surface area (Å²) in [5.41, 5.74) is 0.389. The second kappa shape index (κ2) is 6.01. The van der Waals surface area contributed by atoms with Gasteiger partial charge in [0, 0.05) is 17.1 Å². The fourth-order valence-corrected chi connectivity index (χ4v) is 2.46. The van der Waals surface area contributed by atoms with Gasteiger partial charge in [0.15, 0.2) is 0 Å². The van der Waals surface area contributed by atoms with Gasteiger partial charge in [-0.15, -0.1) is 0 Å². The molecule has 1 heterocycles. The highest BCUT2D eigenvalue weighted by Gasteiger charge is 2.30. The number of methoxy groups -OCH3 is 1. The largest absolute Gasteiger partial charge is 0.497 e. The van der Waals surface area contributed by atoms with Gasteiger partial charge in [-0.1, -0.05) is 0 Å². The highest BCUT2D eigenvalue weighted by atomic mass is 79.9. The van der Waals surface area contributed by atoms with E-state index in [1.54, 1.807) is 18.1 Å². The van der Waals surface area contributed by atoms with Crippen LogP contribution in [-0.2, 0) is 4.74 Å². The molecule has 5 nitrogen and oxygen atoms in total. The van der Waals surface area contributed by atoms with Gasteiger partial charge in [-0.05, 0) is 41.9 Å². The fourth-order valence-electron chi connectivity index (χ4n) is 2.11. The average molecular weight is 343 g/mol. The number of nitrogens with zero attached hydrogens (tertiary/aromatic N) is 1. The van der Waals surface area contributed by atoms with Gasteiger partial charge in [-0.25, -0.2) is 4.79 Å². The van der Waals surface area contributed by atoms with E-state index in [1.807, 2.05) is 26.0 Å². The van der Waals surface area contributed by atoms with Gasteiger partial charge < -0.3 is 19.7 Å². The number of rotatable bonds is 2. The molecule has 20 heavy (non-hydrogen) atoms. The molecule has 110 valence electrons. The Balaban J connectivity index is 2.08. The van der Waals surface area contributed by atoms with Gasteiger partial charge in [0.2, 0.25) is 0 Å². The molecule has 0 saturated carbocycles. The lowest BCUT2D eigenvalue weighted by Crippen LogP contribution is -2.51. The number of hydrogen-bond acceptors (Lipinski definition) is 3. The Morgan fingerprint density at radius 1 is 1.50 bits per heavy atom. The molecular weight excluding hydrogens is 324 g/mol. The standard InChI is InChI=1S/C14H19BrN2O3/c1-14(2)9-17(6-7-20-14)13(18)16-12-8-10(19-3)4-5-11(12)15/h4-5,8H,6-7,9H2,1-3H3,(H,16,18). The predicted octanol–water partition coefficient (Wildman–Crippen LogP) is 3.10. The number of halogens is 1. The van der Waals surface area contributed by atoms with E-state index in [4.69, 9.17) is 9.47 Å². The molecule has 1 aromatic carbocycles. The number of amides is 2. The number of carbonyl (C=O) groups excluding carboxylic acids is 1.